The normalized spacial score (nSPS) is 11.0. The van der Waals surface area contributed by atoms with Crippen LogP contribution in [-0.4, -0.2) is 36.4 Å². The number of rotatable bonds is 5. The third-order valence-electron chi connectivity index (χ3n) is 2.69. The van der Waals surface area contributed by atoms with Gasteiger partial charge >= 0.3 is 12.0 Å². The van der Waals surface area contributed by atoms with Gasteiger partial charge < -0.3 is 20.5 Å². The number of carbonyl (C=O) groups excluding carboxylic acids is 1. The number of nitrogens with one attached hydrogen (secondary N) is 2. The fourth-order valence-electron chi connectivity index (χ4n) is 1.33. The minimum Gasteiger partial charge on any atom is -0.478 e. The molecule has 110 valence electrons. The Balaban J connectivity index is 2.74. The molecule has 6 nitrogen and oxygen atoms in total. The van der Waals surface area contributed by atoms with Crippen LogP contribution in [0.15, 0.2) is 18.2 Å². The molecule has 0 saturated heterocycles. The van der Waals surface area contributed by atoms with E-state index in [0.29, 0.717) is 0 Å². The van der Waals surface area contributed by atoms with Crippen molar-refractivity contribution in [1.82, 2.24) is 5.32 Å². The Labute approximate surface area is 122 Å². The topological polar surface area (TPSA) is 87.7 Å². The molecule has 0 radical (unpaired) electrons. The number of ether oxygens (including phenoxy) is 1. The number of carbonyl (C=O) groups is 2. The highest BCUT2D eigenvalue weighted by molar-refractivity contribution is 6.31. The number of carboxylic acids is 1. The number of urea groups is 1. The highest BCUT2D eigenvalue weighted by atomic mass is 35.5. The monoisotopic (exact) mass is 300 g/mol. The minimum absolute atomic E-state index is 0.0707. The number of halogens is 1. The Bertz CT molecular complexity index is 517. The molecule has 0 spiro atoms. The first-order valence-electron chi connectivity index (χ1n) is 5.88. The first-order chi connectivity index (χ1) is 9.25. The lowest BCUT2D eigenvalue weighted by molar-refractivity contribution is 0.0257. The molecule has 3 N–H and O–H groups in total. The molecule has 0 aliphatic rings. The molecule has 0 atom stereocenters. The van der Waals surface area contributed by atoms with E-state index in [1.54, 1.807) is 7.11 Å². The molecular weight excluding hydrogens is 284 g/mol. The second-order valence-electron chi connectivity index (χ2n) is 4.77. The summed E-state index contributed by atoms with van der Waals surface area (Å²) in [6.07, 6.45) is 0. The van der Waals surface area contributed by atoms with Gasteiger partial charge in [0.1, 0.15) is 0 Å². The van der Waals surface area contributed by atoms with E-state index < -0.39 is 17.6 Å². The van der Waals surface area contributed by atoms with Crippen molar-refractivity contribution in [3.8, 4) is 0 Å². The molecule has 0 aliphatic heterocycles. The van der Waals surface area contributed by atoms with Gasteiger partial charge in [-0.25, -0.2) is 9.59 Å². The Morgan fingerprint density at radius 3 is 2.60 bits per heavy atom. The van der Waals surface area contributed by atoms with Crippen LogP contribution in [0, 0.1) is 0 Å². The van der Waals surface area contributed by atoms with Crippen LogP contribution in [0.4, 0.5) is 10.5 Å². The maximum Gasteiger partial charge on any atom is 0.337 e. The Hall–Kier alpha value is -1.79. The van der Waals surface area contributed by atoms with E-state index in [0.717, 1.165) is 0 Å². The summed E-state index contributed by atoms with van der Waals surface area (Å²) >= 11 is 5.73. The van der Waals surface area contributed by atoms with Gasteiger partial charge in [0.25, 0.3) is 0 Å². The summed E-state index contributed by atoms with van der Waals surface area (Å²) in [4.78, 5) is 22.8. The molecule has 1 aromatic rings. The van der Waals surface area contributed by atoms with Crippen molar-refractivity contribution < 1.29 is 19.4 Å². The molecule has 2 amide bonds. The molecule has 20 heavy (non-hydrogen) atoms. The van der Waals surface area contributed by atoms with E-state index >= 15 is 0 Å². The standard InChI is InChI=1S/C13H17ClN2O4/c1-13(2,20-3)7-15-12(19)16-10-5-4-8(14)6-9(10)11(17)18/h4-6H,7H2,1-3H3,(H,17,18)(H2,15,16,19). The van der Waals surface area contributed by atoms with Crippen molar-refractivity contribution in [2.75, 3.05) is 19.0 Å². The minimum atomic E-state index is -1.17. The largest absolute Gasteiger partial charge is 0.478 e. The SMILES string of the molecule is COC(C)(C)CNC(=O)Nc1ccc(Cl)cc1C(=O)O. The Kier molecular flexibility index (Phi) is 5.35. The summed E-state index contributed by atoms with van der Waals surface area (Å²) in [7, 11) is 1.54. The number of benzene rings is 1. The van der Waals surface area contributed by atoms with Gasteiger partial charge in [-0.1, -0.05) is 11.6 Å². The van der Waals surface area contributed by atoms with E-state index in [2.05, 4.69) is 10.6 Å². The maximum atomic E-state index is 11.7. The van der Waals surface area contributed by atoms with Gasteiger partial charge in [0.15, 0.2) is 0 Å². The van der Waals surface area contributed by atoms with Crippen LogP contribution in [0.2, 0.25) is 5.02 Å². The predicted molar refractivity (Wildman–Crippen MR) is 76.5 cm³/mol. The molecule has 0 aromatic heterocycles. The van der Waals surface area contributed by atoms with Crippen molar-refractivity contribution in [3.05, 3.63) is 28.8 Å². The molecule has 0 aliphatic carbocycles. The lowest BCUT2D eigenvalue weighted by atomic mass is 10.1. The van der Waals surface area contributed by atoms with Crippen molar-refractivity contribution in [3.63, 3.8) is 0 Å². The van der Waals surface area contributed by atoms with E-state index in [4.69, 9.17) is 21.4 Å². The summed E-state index contributed by atoms with van der Waals surface area (Å²) in [5, 5.41) is 14.4. The number of hydrogen-bond acceptors (Lipinski definition) is 3. The highest BCUT2D eigenvalue weighted by Gasteiger charge is 2.18. The number of anilines is 1. The zero-order valence-corrected chi connectivity index (χ0v) is 12.2. The Morgan fingerprint density at radius 2 is 2.05 bits per heavy atom. The van der Waals surface area contributed by atoms with Gasteiger partial charge in [-0.05, 0) is 32.0 Å². The number of amides is 2. The predicted octanol–water partition coefficient (Wildman–Crippen LogP) is 2.58. The van der Waals surface area contributed by atoms with Crippen LogP contribution in [0.1, 0.15) is 24.2 Å². The second kappa shape index (κ2) is 6.58. The summed E-state index contributed by atoms with van der Waals surface area (Å²) in [5.41, 5.74) is -0.402. The van der Waals surface area contributed by atoms with Crippen LogP contribution in [0.3, 0.4) is 0 Å². The maximum absolute atomic E-state index is 11.7. The molecule has 0 fully saturated rings. The summed E-state index contributed by atoms with van der Waals surface area (Å²) in [6.45, 7) is 3.92. The summed E-state index contributed by atoms with van der Waals surface area (Å²) < 4.78 is 5.16. The van der Waals surface area contributed by atoms with E-state index in [1.165, 1.54) is 18.2 Å². The first kappa shape index (κ1) is 16.3. The van der Waals surface area contributed by atoms with E-state index in [1.807, 2.05) is 13.8 Å². The van der Waals surface area contributed by atoms with Gasteiger partial charge in [-0.3, -0.25) is 0 Å². The van der Waals surface area contributed by atoms with Gasteiger partial charge in [-0.15, -0.1) is 0 Å². The molecular formula is C13H17ClN2O4. The van der Waals surface area contributed by atoms with Crippen molar-refractivity contribution in [2.45, 2.75) is 19.4 Å². The summed E-state index contributed by atoms with van der Waals surface area (Å²) in [5.74, 6) is -1.17. The van der Waals surface area contributed by atoms with Gasteiger partial charge in [-0.2, -0.15) is 0 Å². The smallest absolute Gasteiger partial charge is 0.337 e. The van der Waals surface area contributed by atoms with E-state index in [-0.39, 0.29) is 22.8 Å². The number of aromatic carboxylic acids is 1. The van der Waals surface area contributed by atoms with Crippen LogP contribution < -0.4 is 10.6 Å². The third kappa shape index (κ3) is 4.71. The fraction of sp³-hybridized carbons (Fsp3) is 0.385. The zero-order chi connectivity index (χ0) is 15.3. The van der Waals surface area contributed by atoms with Gasteiger partial charge in [0.05, 0.1) is 16.9 Å². The number of methoxy groups -OCH3 is 1. The van der Waals surface area contributed by atoms with Crippen LogP contribution in [-0.2, 0) is 4.74 Å². The quantitative estimate of drug-likeness (QED) is 0.780. The lowest BCUT2D eigenvalue weighted by Crippen LogP contribution is -2.41. The van der Waals surface area contributed by atoms with Gasteiger partial charge in [0, 0.05) is 18.7 Å². The van der Waals surface area contributed by atoms with Gasteiger partial charge in [0.2, 0.25) is 0 Å². The number of carboxylic acid groups (broad SMARTS) is 1. The van der Waals surface area contributed by atoms with Crippen LogP contribution in [0.5, 0.6) is 0 Å². The fourth-order valence-corrected chi connectivity index (χ4v) is 1.51. The molecule has 0 bridgehead atoms. The molecule has 0 saturated carbocycles. The van der Waals surface area contributed by atoms with Crippen molar-refractivity contribution >= 4 is 29.3 Å². The highest BCUT2D eigenvalue weighted by Crippen LogP contribution is 2.20. The molecule has 1 rings (SSSR count). The third-order valence-corrected chi connectivity index (χ3v) is 2.92. The molecule has 7 heteroatoms. The Morgan fingerprint density at radius 1 is 1.40 bits per heavy atom. The molecule has 1 aromatic carbocycles. The number of hydrogen-bond donors (Lipinski definition) is 3. The average Bonchev–Trinajstić information content (AvgIpc) is 2.38. The second-order valence-corrected chi connectivity index (χ2v) is 5.20. The average molecular weight is 301 g/mol. The van der Waals surface area contributed by atoms with Crippen molar-refractivity contribution in [2.24, 2.45) is 0 Å². The molecule has 0 heterocycles. The zero-order valence-electron chi connectivity index (χ0n) is 11.5. The van der Waals surface area contributed by atoms with Crippen molar-refractivity contribution in [1.29, 1.82) is 0 Å². The van der Waals surface area contributed by atoms with Crippen LogP contribution in [0.25, 0.3) is 0 Å². The van der Waals surface area contributed by atoms with Crippen LogP contribution >= 0.6 is 11.6 Å². The molecule has 0 unspecified atom stereocenters. The van der Waals surface area contributed by atoms with E-state index in [9.17, 15) is 9.59 Å². The lowest BCUT2D eigenvalue weighted by Gasteiger charge is -2.23. The summed E-state index contributed by atoms with van der Waals surface area (Å²) in [6, 6.07) is 3.70. The first-order valence-corrected chi connectivity index (χ1v) is 6.26.